The van der Waals surface area contributed by atoms with Crippen LogP contribution in [0.4, 0.5) is 4.39 Å². The number of aliphatic carboxylic acids is 1. The number of benzene rings is 1. The van der Waals surface area contributed by atoms with Crippen molar-refractivity contribution in [1.82, 2.24) is 4.31 Å². The van der Waals surface area contributed by atoms with Crippen LogP contribution in [0.15, 0.2) is 23.1 Å². The summed E-state index contributed by atoms with van der Waals surface area (Å²) >= 11 is 0. The van der Waals surface area contributed by atoms with E-state index in [0.29, 0.717) is 24.1 Å². The summed E-state index contributed by atoms with van der Waals surface area (Å²) in [6, 6.07) is 2.00. The van der Waals surface area contributed by atoms with Gasteiger partial charge in [0, 0.05) is 19.6 Å². The van der Waals surface area contributed by atoms with Crippen LogP contribution in [0.1, 0.15) is 13.3 Å². The fraction of sp³-hybridized carbons (Fsp3) is 0.533. The van der Waals surface area contributed by atoms with Gasteiger partial charge in [-0.2, -0.15) is 4.31 Å². The minimum atomic E-state index is -4.12. The molecule has 7 nitrogen and oxygen atoms in total. The molecule has 9 heteroatoms. The molecule has 1 N–H and O–H groups in total. The number of sulfonamides is 1. The zero-order valence-corrected chi connectivity index (χ0v) is 14.3. The third-order valence-electron chi connectivity index (χ3n) is 3.98. The number of rotatable bonds is 7. The number of carboxylic acids is 1. The molecule has 24 heavy (non-hydrogen) atoms. The summed E-state index contributed by atoms with van der Waals surface area (Å²) in [6.45, 7) is 2.74. The Balaban J connectivity index is 2.14. The van der Waals surface area contributed by atoms with Gasteiger partial charge in [0.25, 0.3) is 0 Å². The molecule has 0 aliphatic carbocycles. The van der Waals surface area contributed by atoms with Crippen molar-refractivity contribution in [2.45, 2.75) is 24.3 Å². The van der Waals surface area contributed by atoms with E-state index in [1.165, 1.54) is 19.1 Å². The lowest BCUT2D eigenvalue weighted by Gasteiger charge is -2.21. The van der Waals surface area contributed by atoms with Crippen LogP contribution in [0.3, 0.4) is 0 Å². The Morgan fingerprint density at radius 2 is 2.25 bits per heavy atom. The summed E-state index contributed by atoms with van der Waals surface area (Å²) in [5.41, 5.74) is 0. The van der Waals surface area contributed by atoms with Gasteiger partial charge in [0.2, 0.25) is 10.0 Å². The van der Waals surface area contributed by atoms with Gasteiger partial charge in [-0.3, -0.25) is 4.79 Å². The molecule has 2 unspecified atom stereocenters. The summed E-state index contributed by atoms with van der Waals surface area (Å²) in [6.07, 6.45) is 0.839. The molecule has 0 saturated carbocycles. The van der Waals surface area contributed by atoms with Crippen molar-refractivity contribution in [2.24, 2.45) is 5.92 Å². The van der Waals surface area contributed by atoms with E-state index in [0.717, 1.165) is 19.5 Å². The molecule has 2 rings (SSSR count). The van der Waals surface area contributed by atoms with Crippen molar-refractivity contribution in [3.8, 4) is 5.75 Å². The second-order valence-corrected chi connectivity index (χ2v) is 7.67. The maximum Gasteiger partial charge on any atom is 0.321 e. The number of nitrogens with zero attached hydrogens (tertiary/aromatic N) is 1. The van der Waals surface area contributed by atoms with Crippen LogP contribution in [-0.2, 0) is 19.6 Å². The smallest absolute Gasteiger partial charge is 0.321 e. The first kappa shape index (κ1) is 18.6. The molecule has 0 bridgehead atoms. The van der Waals surface area contributed by atoms with Gasteiger partial charge in [0.05, 0.1) is 18.1 Å². The van der Waals surface area contributed by atoms with Crippen molar-refractivity contribution in [3.05, 3.63) is 24.0 Å². The maximum atomic E-state index is 14.1. The predicted molar refractivity (Wildman–Crippen MR) is 82.9 cm³/mol. The number of carboxylic acid groups (broad SMARTS) is 1. The highest BCUT2D eigenvalue weighted by atomic mass is 32.2. The lowest BCUT2D eigenvalue weighted by molar-refractivity contribution is -0.140. The monoisotopic (exact) mass is 361 g/mol. The molecule has 1 saturated heterocycles. The van der Waals surface area contributed by atoms with E-state index < -0.39 is 27.9 Å². The van der Waals surface area contributed by atoms with E-state index >= 15 is 0 Å². The van der Waals surface area contributed by atoms with Crippen LogP contribution >= 0.6 is 0 Å². The molecular weight excluding hydrogens is 341 g/mol. The number of hydrogen-bond donors (Lipinski definition) is 1. The normalized spacial score (nSPS) is 19.4. The van der Waals surface area contributed by atoms with Gasteiger partial charge in [0.15, 0.2) is 11.6 Å². The van der Waals surface area contributed by atoms with E-state index in [4.69, 9.17) is 14.6 Å². The molecule has 1 heterocycles. The Labute approximate surface area is 140 Å². The van der Waals surface area contributed by atoms with E-state index in [1.54, 1.807) is 0 Å². The van der Waals surface area contributed by atoms with Crippen LogP contribution in [0.5, 0.6) is 5.75 Å². The highest BCUT2D eigenvalue weighted by molar-refractivity contribution is 7.89. The van der Waals surface area contributed by atoms with Gasteiger partial charge in [-0.25, -0.2) is 12.8 Å². The minimum absolute atomic E-state index is 0.0465. The van der Waals surface area contributed by atoms with Gasteiger partial charge < -0.3 is 14.6 Å². The molecule has 1 fully saturated rings. The molecule has 1 aliphatic heterocycles. The summed E-state index contributed by atoms with van der Waals surface area (Å²) in [5, 5.41) is 8.92. The Kier molecular flexibility index (Phi) is 5.79. The van der Waals surface area contributed by atoms with Crippen molar-refractivity contribution >= 4 is 16.0 Å². The minimum Gasteiger partial charge on any atom is -0.490 e. The van der Waals surface area contributed by atoms with Gasteiger partial charge in [0.1, 0.15) is 6.04 Å². The second-order valence-electron chi connectivity index (χ2n) is 5.67. The lowest BCUT2D eigenvalue weighted by atomic mass is 10.1. The second kappa shape index (κ2) is 7.45. The van der Waals surface area contributed by atoms with Gasteiger partial charge >= 0.3 is 5.97 Å². The van der Waals surface area contributed by atoms with Gasteiger partial charge in [-0.1, -0.05) is 0 Å². The molecule has 0 radical (unpaired) electrons. The van der Waals surface area contributed by atoms with Crippen LogP contribution in [0.25, 0.3) is 0 Å². The zero-order valence-electron chi connectivity index (χ0n) is 13.4. The largest absolute Gasteiger partial charge is 0.490 e. The van der Waals surface area contributed by atoms with Crippen molar-refractivity contribution < 1.29 is 32.2 Å². The molecule has 0 spiro atoms. The fourth-order valence-corrected chi connectivity index (χ4v) is 3.54. The average Bonchev–Trinajstić information content (AvgIpc) is 3.05. The molecular formula is C15H20FNO6S. The Bertz CT molecular complexity index is 702. The first-order valence-electron chi connectivity index (χ1n) is 7.44. The molecule has 1 aromatic carbocycles. The predicted octanol–water partition coefficient (Wildman–Crippen LogP) is 1.33. The van der Waals surface area contributed by atoms with Crippen molar-refractivity contribution in [2.75, 3.05) is 26.9 Å². The highest BCUT2D eigenvalue weighted by Gasteiger charge is 2.30. The standard InChI is InChI=1S/C15H20FNO6S/c1-10(15(18)19)17(2)24(20,21)12-3-4-14(13(16)7-12)23-9-11-5-6-22-8-11/h3-4,7,10-11H,5-6,8-9H2,1-2H3,(H,18,19). The Hall–Kier alpha value is -1.71. The first-order valence-corrected chi connectivity index (χ1v) is 8.88. The zero-order chi connectivity index (χ0) is 17.9. The molecule has 0 aromatic heterocycles. The quantitative estimate of drug-likeness (QED) is 0.788. The maximum absolute atomic E-state index is 14.1. The summed E-state index contributed by atoms with van der Waals surface area (Å²) in [5.74, 6) is -1.96. The molecule has 1 aliphatic rings. The van der Waals surface area contributed by atoms with Crippen LogP contribution in [0, 0.1) is 11.7 Å². The van der Waals surface area contributed by atoms with Crippen LogP contribution in [-0.4, -0.2) is 56.7 Å². The van der Waals surface area contributed by atoms with E-state index in [1.807, 2.05) is 0 Å². The third-order valence-corrected chi connectivity index (χ3v) is 5.91. The summed E-state index contributed by atoms with van der Waals surface area (Å²) in [7, 11) is -2.98. The molecule has 2 atom stereocenters. The Morgan fingerprint density at radius 1 is 1.54 bits per heavy atom. The lowest BCUT2D eigenvalue weighted by Crippen LogP contribution is -2.40. The van der Waals surface area contributed by atoms with Crippen molar-refractivity contribution in [1.29, 1.82) is 0 Å². The van der Waals surface area contributed by atoms with E-state index in [9.17, 15) is 17.6 Å². The fourth-order valence-electron chi connectivity index (χ4n) is 2.21. The van der Waals surface area contributed by atoms with Crippen LogP contribution < -0.4 is 4.74 Å². The van der Waals surface area contributed by atoms with Crippen molar-refractivity contribution in [3.63, 3.8) is 0 Å². The molecule has 134 valence electrons. The number of ether oxygens (including phenoxy) is 2. The number of hydrogen-bond acceptors (Lipinski definition) is 5. The number of carbonyl (C=O) groups is 1. The molecule has 1 aromatic rings. The summed E-state index contributed by atoms with van der Waals surface area (Å²) < 4.78 is 50.1. The average molecular weight is 361 g/mol. The first-order chi connectivity index (χ1) is 11.2. The van der Waals surface area contributed by atoms with Crippen LogP contribution in [0.2, 0.25) is 0 Å². The van der Waals surface area contributed by atoms with E-state index in [-0.39, 0.29) is 16.6 Å². The highest BCUT2D eigenvalue weighted by Crippen LogP contribution is 2.25. The Morgan fingerprint density at radius 3 is 2.79 bits per heavy atom. The van der Waals surface area contributed by atoms with Gasteiger partial charge in [-0.05, 0) is 31.5 Å². The number of halogens is 1. The van der Waals surface area contributed by atoms with E-state index in [2.05, 4.69) is 0 Å². The SMILES string of the molecule is CC(C(=O)O)N(C)S(=O)(=O)c1ccc(OCC2CCOC2)c(F)c1. The summed E-state index contributed by atoms with van der Waals surface area (Å²) in [4.78, 5) is 10.6. The topological polar surface area (TPSA) is 93.1 Å². The number of likely N-dealkylation sites (N-methyl/N-ethyl adjacent to an activating group) is 1. The molecule has 0 amide bonds. The van der Waals surface area contributed by atoms with Gasteiger partial charge in [-0.15, -0.1) is 0 Å². The third kappa shape index (κ3) is 4.03.